The number of hydrogen-bond acceptors (Lipinski definition) is 3. The van der Waals surface area contributed by atoms with Gasteiger partial charge in [-0.25, -0.2) is 0 Å². The number of fused-ring (bicyclic) bond motifs is 2. The SMILES string of the molecule is COc1ccc2[nH]cc(CCNC(=O)[C@H]3Cc4ccccc4O3)c2c1. The van der Waals surface area contributed by atoms with E-state index in [1.165, 1.54) is 0 Å². The van der Waals surface area contributed by atoms with Gasteiger partial charge < -0.3 is 19.8 Å². The van der Waals surface area contributed by atoms with Crippen LogP contribution < -0.4 is 14.8 Å². The number of ether oxygens (including phenoxy) is 2. The third-order valence-electron chi connectivity index (χ3n) is 4.61. The van der Waals surface area contributed by atoms with Gasteiger partial charge in [0.05, 0.1) is 7.11 Å². The number of carbonyl (C=O) groups is 1. The summed E-state index contributed by atoms with van der Waals surface area (Å²) in [5.74, 6) is 1.58. The maximum Gasteiger partial charge on any atom is 0.261 e. The minimum atomic E-state index is -0.430. The van der Waals surface area contributed by atoms with E-state index in [1.54, 1.807) is 7.11 Å². The molecule has 0 aliphatic carbocycles. The van der Waals surface area contributed by atoms with Gasteiger partial charge >= 0.3 is 0 Å². The third kappa shape index (κ3) is 3.05. The lowest BCUT2D eigenvalue weighted by Gasteiger charge is -2.11. The van der Waals surface area contributed by atoms with E-state index >= 15 is 0 Å². The maximum atomic E-state index is 12.3. The lowest BCUT2D eigenvalue weighted by atomic mass is 10.1. The molecule has 5 heteroatoms. The van der Waals surface area contributed by atoms with Gasteiger partial charge in [0, 0.05) is 30.1 Å². The summed E-state index contributed by atoms with van der Waals surface area (Å²) in [7, 11) is 1.66. The Labute approximate surface area is 146 Å². The zero-order valence-corrected chi connectivity index (χ0v) is 14.0. The van der Waals surface area contributed by atoms with Crippen molar-refractivity contribution >= 4 is 16.8 Å². The molecule has 1 amide bonds. The number of methoxy groups -OCH3 is 1. The summed E-state index contributed by atoms with van der Waals surface area (Å²) in [6.07, 6.45) is 2.93. The van der Waals surface area contributed by atoms with Gasteiger partial charge in [0.15, 0.2) is 6.10 Å². The van der Waals surface area contributed by atoms with E-state index in [9.17, 15) is 4.79 Å². The van der Waals surface area contributed by atoms with E-state index in [1.807, 2.05) is 48.7 Å². The molecule has 3 aromatic rings. The molecule has 0 saturated carbocycles. The molecule has 2 heterocycles. The number of rotatable bonds is 5. The van der Waals surface area contributed by atoms with Crippen LogP contribution in [-0.2, 0) is 17.6 Å². The Morgan fingerprint density at radius 2 is 2.20 bits per heavy atom. The third-order valence-corrected chi connectivity index (χ3v) is 4.61. The maximum absolute atomic E-state index is 12.3. The van der Waals surface area contributed by atoms with Crippen molar-refractivity contribution in [3.05, 3.63) is 59.8 Å². The molecular formula is C20H20N2O3. The largest absolute Gasteiger partial charge is 0.497 e. The van der Waals surface area contributed by atoms with Crippen molar-refractivity contribution in [2.45, 2.75) is 18.9 Å². The standard InChI is InChI=1S/C20H20N2O3/c1-24-15-6-7-17-16(11-15)14(12-22-17)8-9-21-20(23)19-10-13-4-2-3-5-18(13)25-19/h2-7,11-12,19,22H,8-10H2,1H3,(H,21,23)/t19-/m1/s1. The first-order chi connectivity index (χ1) is 12.2. The summed E-state index contributed by atoms with van der Waals surface area (Å²) in [6, 6.07) is 13.7. The molecule has 2 N–H and O–H groups in total. The fourth-order valence-corrected chi connectivity index (χ4v) is 3.25. The van der Waals surface area contributed by atoms with Crippen molar-refractivity contribution in [3.63, 3.8) is 0 Å². The first kappa shape index (κ1) is 15.6. The number of carbonyl (C=O) groups excluding carboxylic acids is 1. The van der Waals surface area contributed by atoms with Crippen molar-refractivity contribution in [3.8, 4) is 11.5 Å². The summed E-state index contributed by atoms with van der Waals surface area (Å²) < 4.78 is 11.0. The smallest absolute Gasteiger partial charge is 0.261 e. The van der Waals surface area contributed by atoms with Crippen LogP contribution in [0.15, 0.2) is 48.7 Å². The van der Waals surface area contributed by atoms with Gasteiger partial charge in [0.2, 0.25) is 0 Å². The molecule has 0 radical (unpaired) electrons. The second-order valence-corrected chi connectivity index (χ2v) is 6.18. The normalized spacial score (nSPS) is 15.6. The summed E-state index contributed by atoms with van der Waals surface area (Å²) in [5.41, 5.74) is 3.31. The molecule has 5 nitrogen and oxygen atoms in total. The Balaban J connectivity index is 1.36. The van der Waals surface area contributed by atoms with Crippen molar-refractivity contribution in [1.82, 2.24) is 10.3 Å². The summed E-state index contributed by atoms with van der Waals surface area (Å²) in [6.45, 7) is 0.569. The zero-order chi connectivity index (χ0) is 17.2. The number of aromatic amines is 1. The van der Waals surface area contributed by atoms with E-state index in [4.69, 9.17) is 9.47 Å². The van der Waals surface area contributed by atoms with Crippen LogP contribution in [0.2, 0.25) is 0 Å². The number of amides is 1. The fraction of sp³-hybridized carbons (Fsp3) is 0.250. The lowest BCUT2D eigenvalue weighted by Crippen LogP contribution is -2.38. The van der Waals surface area contributed by atoms with Gasteiger partial charge in [-0.2, -0.15) is 0 Å². The fourth-order valence-electron chi connectivity index (χ4n) is 3.25. The first-order valence-corrected chi connectivity index (χ1v) is 8.41. The second-order valence-electron chi connectivity index (χ2n) is 6.18. The first-order valence-electron chi connectivity index (χ1n) is 8.41. The molecule has 128 valence electrons. The van der Waals surface area contributed by atoms with Crippen molar-refractivity contribution in [2.24, 2.45) is 0 Å². The number of H-pyrrole nitrogens is 1. The Morgan fingerprint density at radius 1 is 1.32 bits per heavy atom. The van der Waals surface area contributed by atoms with Crippen LogP contribution in [0.4, 0.5) is 0 Å². The van der Waals surface area contributed by atoms with E-state index in [0.717, 1.165) is 39.9 Å². The van der Waals surface area contributed by atoms with Crippen molar-refractivity contribution in [1.29, 1.82) is 0 Å². The van der Waals surface area contributed by atoms with E-state index in [0.29, 0.717) is 13.0 Å². The van der Waals surface area contributed by atoms with Crippen LogP contribution in [0.3, 0.4) is 0 Å². The van der Waals surface area contributed by atoms with Crippen molar-refractivity contribution in [2.75, 3.05) is 13.7 Å². The van der Waals surface area contributed by atoms with E-state index in [2.05, 4.69) is 10.3 Å². The molecule has 1 aliphatic rings. The number of aromatic nitrogens is 1. The summed E-state index contributed by atoms with van der Waals surface area (Å²) in [4.78, 5) is 15.6. The van der Waals surface area contributed by atoms with Crippen LogP contribution in [0.25, 0.3) is 10.9 Å². The summed E-state index contributed by atoms with van der Waals surface area (Å²) >= 11 is 0. The second kappa shape index (κ2) is 6.51. The average molecular weight is 336 g/mol. The molecule has 4 rings (SSSR count). The highest BCUT2D eigenvalue weighted by Gasteiger charge is 2.28. The van der Waals surface area contributed by atoms with E-state index in [-0.39, 0.29) is 5.91 Å². The Bertz CT molecular complexity index is 891. The number of para-hydroxylation sites is 1. The predicted molar refractivity (Wildman–Crippen MR) is 96.1 cm³/mol. The monoisotopic (exact) mass is 336 g/mol. The molecule has 1 atom stereocenters. The van der Waals surface area contributed by atoms with Crippen LogP contribution in [0.5, 0.6) is 11.5 Å². The Hall–Kier alpha value is -2.95. The minimum absolute atomic E-state index is 0.0615. The molecule has 0 spiro atoms. The molecule has 0 bridgehead atoms. The Morgan fingerprint density at radius 3 is 3.04 bits per heavy atom. The molecule has 0 fully saturated rings. The predicted octanol–water partition coefficient (Wildman–Crippen LogP) is 2.84. The van der Waals surface area contributed by atoms with Crippen LogP contribution in [0, 0.1) is 0 Å². The zero-order valence-electron chi connectivity index (χ0n) is 14.0. The minimum Gasteiger partial charge on any atom is -0.497 e. The molecule has 1 aliphatic heterocycles. The van der Waals surface area contributed by atoms with Gasteiger partial charge in [0.25, 0.3) is 5.91 Å². The molecule has 0 saturated heterocycles. The highest BCUT2D eigenvalue weighted by molar-refractivity contribution is 5.85. The average Bonchev–Trinajstić information content (AvgIpc) is 3.25. The molecule has 25 heavy (non-hydrogen) atoms. The molecular weight excluding hydrogens is 316 g/mol. The molecule has 0 unspecified atom stereocenters. The topological polar surface area (TPSA) is 63.3 Å². The van der Waals surface area contributed by atoms with E-state index < -0.39 is 6.10 Å². The summed E-state index contributed by atoms with van der Waals surface area (Å²) in [5, 5.41) is 4.11. The van der Waals surface area contributed by atoms with Gasteiger partial charge in [-0.15, -0.1) is 0 Å². The number of nitrogens with one attached hydrogen (secondary N) is 2. The number of hydrogen-bond donors (Lipinski definition) is 2. The van der Waals surface area contributed by atoms with Crippen LogP contribution in [-0.4, -0.2) is 30.6 Å². The molecule has 1 aromatic heterocycles. The van der Waals surface area contributed by atoms with Gasteiger partial charge in [0.1, 0.15) is 11.5 Å². The van der Waals surface area contributed by atoms with Crippen molar-refractivity contribution < 1.29 is 14.3 Å². The van der Waals surface area contributed by atoms with Crippen LogP contribution in [0.1, 0.15) is 11.1 Å². The highest BCUT2D eigenvalue weighted by atomic mass is 16.5. The number of benzene rings is 2. The van der Waals surface area contributed by atoms with Crippen LogP contribution >= 0.6 is 0 Å². The van der Waals surface area contributed by atoms with Gasteiger partial charge in [-0.05, 0) is 41.8 Å². The lowest BCUT2D eigenvalue weighted by molar-refractivity contribution is -0.127. The highest BCUT2D eigenvalue weighted by Crippen LogP contribution is 2.28. The van der Waals surface area contributed by atoms with Gasteiger partial charge in [-0.3, -0.25) is 4.79 Å². The van der Waals surface area contributed by atoms with Gasteiger partial charge in [-0.1, -0.05) is 18.2 Å². The quantitative estimate of drug-likeness (QED) is 0.753. The molecule has 2 aromatic carbocycles. The Kier molecular flexibility index (Phi) is 4.06.